The Balaban J connectivity index is 1.53. The minimum absolute atomic E-state index is 0.0203. The van der Waals surface area contributed by atoms with Crippen LogP contribution in [0.1, 0.15) is 18.4 Å². The second-order valence-electron chi connectivity index (χ2n) is 8.23. The fraction of sp³-hybridized carbons (Fsp3) is 0.400. The summed E-state index contributed by atoms with van der Waals surface area (Å²) in [6.45, 7) is 0.767. The highest BCUT2D eigenvalue weighted by molar-refractivity contribution is 5.89. The Morgan fingerprint density at radius 3 is 2.58 bits per heavy atom. The molecule has 1 aliphatic heterocycles. The van der Waals surface area contributed by atoms with Gasteiger partial charge >= 0.3 is 12.3 Å². The van der Waals surface area contributed by atoms with Gasteiger partial charge in [-0.3, -0.25) is 0 Å². The third kappa shape index (κ3) is 4.11. The van der Waals surface area contributed by atoms with Crippen LogP contribution >= 0.6 is 0 Å². The van der Waals surface area contributed by atoms with Gasteiger partial charge in [0.2, 0.25) is 5.95 Å². The number of anilines is 2. The van der Waals surface area contributed by atoms with Crippen LogP contribution in [0.25, 0.3) is 16.7 Å². The predicted octanol–water partition coefficient (Wildman–Crippen LogP) is 2.23. The predicted molar refractivity (Wildman–Crippen MR) is 111 cm³/mol. The second-order valence-corrected chi connectivity index (χ2v) is 8.23. The summed E-state index contributed by atoms with van der Waals surface area (Å²) >= 11 is 0. The highest BCUT2D eigenvalue weighted by atomic mass is 19.4. The molecule has 0 atom stereocenters. The lowest BCUT2D eigenvalue weighted by Crippen LogP contribution is -2.59. The Bertz CT molecular complexity index is 1200. The number of halogens is 3. The van der Waals surface area contributed by atoms with Crippen LogP contribution in [0, 0.1) is 0 Å². The highest BCUT2D eigenvalue weighted by Gasteiger charge is 2.34. The molecule has 0 spiro atoms. The van der Waals surface area contributed by atoms with E-state index >= 15 is 0 Å². The van der Waals surface area contributed by atoms with Gasteiger partial charge in [-0.1, -0.05) is 6.07 Å². The van der Waals surface area contributed by atoms with Gasteiger partial charge < -0.3 is 25.7 Å². The van der Waals surface area contributed by atoms with Crippen LogP contribution in [0.2, 0.25) is 0 Å². The fourth-order valence-corrected chi connectivity index (χ4v) is 4.01. The fourth-order valence-electron chi connectivity index (χ4n) is 4.01. The van der Waals surface area contributed by atoms with E-state index in [-0.39, 0.29) is 29.8 Å². The molecule has 1 saturated heterocycles. The monoisotopic (exact) mass is 463 g/mol. The van der Waals surface area contributed by atoms with Crippen molar-refractivity contribution in [2.75, 3.05) is 23.3 Å². The molecular weight excluding hydrogens is 443 g/mol. The quantitative estimate of drug-likeness (QED) is 0.454. The average molecular weight is 463 g/mol. The molecule has 13 heteroatoms. The van der Waals surface area contributed by atoms with Crippen LogP contribution in [0.3, 0.4) is 0 Å². The molecule has 4 N–H and O–H groups in total. The molecule has 2 aromatic heterocycles. The molecule has 3 heterocycles. The number of carboxylic acid groups (broad SMARTS) is 1. The first-order valence-electron chi connectivity index (χ1n) is 10.3. The van der Waals surface area contributed by atoms with Crippen molar-refractivity contribution in [3.63, 3.8) is 0 Å². The number of rotatable bonds is 5. The van der Waals surface area contributed by atoms with Gasteiger partial charge in [0, 0.05) is 19.1 Å². The molecule has 2 fully saturated rings. The van der Waals surface area contributed by atoms with Crippen molar-refractivity contribution in [2.45, 2.75) is 37.2 Å². The summed E-state index contributed by atoms with van der Waals surface area (Å²) < 4.78 is 41.0. The third-order valence-electron chi connectivity index (χ3n) is 5.78. The normalized spacial score (nSPS) is 20.9. The molecule has 0 bridgehead atoms. The minimum Gasteiger partial charge on any atom is -0.465 e. The number of amides is 1. The summed E-state index contributed by atoms with van der Waals surface area (Å²) in [7, 11) is 0. The zero-order valence-electron chi connectivity index (χ0n) is 17.1. The summed E-state index contributed by atoms with van der Waals surface area (Å²) in [6.07, 6.45) is -3.44. The lowest BCUT2D eigenvalue weighted by molar-refractivity contribution is -0.137. The van der Waals surface area contributed by atoms with Crippen molar-refractivity contribution in [1.82, 2.24) is 25.1 Å². The van der Waals surface area contributed by atoms with E-state index in [4.69, 9.17) is 5.11 Å². The molecule has 10 nitrogen and oxygen atoms in total. The lowest BCUT2D eigenvalue weighted by atomic mass is 9.90. The molecule has 174 valence electrons. The number of nitrogens with zero attached hydrogens (tertiary/aromatic N) is 5. The van der Waals surface area contributed by atoms with Crippen LogP contribution in [0.5, 0.6) is 0 Å². The molecule has 0 unspecified atom stereocenters. The summed E-state index contributed by atoms with van der Waals surface area (Å²) in [4.78, 5) is 21.8. The molecule has 33 heavy (non-hydrogen) atoms. The van der Waals surface area contributed by atoms with Crippen molar-refractivity contribution in [3.05, 3.63) is 36.0 Å². The largest absolute Gasteiger partial charge is 0.465 e. The van der Waals surface area contributed by atoms with Gasteiger partial charge in [-0.05, 0) is 31.0 Å². The van der Waals surface area contributed by atoms with Crippen LogP contribution in [-0.2, 0) is 6.18 Å². The third-order valence-corrected chi connectivity index (χ3v) is 5.78. The topological polar surface area (TPSA) is 128 Å². The Hall–Kier alpha value is -3.61. The van der Waals surface area contributed by atoms with E-state index in [0.717, 1.165) is 12.1 Å². The maximum Gasteiger partial charge on any atom is 0.416 e. The Morgan fingerprint density at radius 2 is 1.91 bits per heavy atom. The van der Waals surface area contributed by atoms with Gasteiger partial charge in [-0.25, -0.2) is 9.48 Å². The van der Waals surface area contributed by atoms with Crippen molar-refractivity contribution in [1.29, 1.82) is 0 Å². The van der Waals surface area contributed by atoms with E-state index < -0.39 is 17.8 Å². The molecule has 1 saturated carbocycles. The number of fused-ring (bicyclic) bond motifs is 1. The van der Waals surface area contributed by atoms with Crippen molar-refractivity contribution in [3.8, 4) is 5.69 Å². The van der Waals surface area contributed by atoms with Gasteiger partial charge in [-0.15, -0.1) is 0 Å². The van der Waals surface area contributed by atoms with Crippen molar-refractivity contribution >= 4 is 28.9 Å². The Labute approximate surface area is 185 Å². The summed E-state index contributed by atoms with van der Waals surface area (Å²) in [5.74, 6) is 0.766. The van der Waals surface area contributed by atoms with Crippen molar-refractivity contribution in [2.24, 2.45) is 0 Å². The molecule has 3 aromatic rings. The Kier molecular flexibility index (Phi) is 5.00. The molecule has 5 rings (SSSR count). The number of carbonyl (C=O) groups is 1. The van der Waals surface area contributed by atoms with E-state index in [0.29, 0.717) is 42.8 Å². The smallest absolute Gasteiger partial charge is 0.416 e. The molecular formula is C20H20F3N7O3. The number of alkyl halides is 3. The van der Waals surface area contributed by atoms with Crippen molar-refractivity contribution < 1.29 is 28.2 Å². The number of benzene rings is 1. The maximum absolute atomic E-state index is 13.2. The molecule has 1 aliphatic carbocycles. The number of hydrogen-bond acceptors (Lipinski definition) is 7. The average Bonchev–Trinajstić information content (AvgIpc) is 3.12. The number of nitrogens with one attached hydrogen (secondary N) is 2. The van der Waals surface area contributed by atoms with Gasteiger partial charge in [-0.2, -0.15) is 28.2 Å². The molecule has 1 aromatic carbocycles. The van der Waals surface area contributed by atoms with Crippen LogP contribution in [0.15, 0.2) is 30.5 Å². The van der Waals surface area contributed by atoms with Gasteiger partial charge in [0.05, 0.1) is 35.0 Å². The number of aliphatic hydroxyl groups excluding tert-OH is 1. The van der Waals surface area contributed by atoms with Gasteiger partial charge in [0.15, 0.2) is 5.65 Å². The first-order chi connectivity index (χ1) is 15.7. The van der Waals surface area contributed by atoms with E-state index in [1.165, 1.54) is 23.0 Å². The number of hydrogen-bond donors (Lipinski definition) is 4. The minimum atomic E-state index is -4.50. The maximum atomic E-state index is 13.2. The van der Waals surface area contributed by atoms with E-state index in [9.17, 15) is 23.1 Å². The van der Waals surface area contributed by atoms with E-state index in [1.54, 1.807) is 0 Å². The van der Waals surface area contributed by atoms with E-state index in [2.05, 4.69) is 25.7 Å². The summed E-state index contributed by atoms with van der Waals surface area (Å²) in [6, 6.07) is 4.52. The zero-order valence-corrected chi connectivity index (χ0v) is 17.1. The molecule has 1 amide bonds. The highest BCUT2D eigenvalue weighted by Crippen LogP contribution is 2.33. The van der Waals surface area contributed by atoms with Crippen LogP contribution in [0.4, 0.5) is 29.7 Å². The summed E-state index contributed by atoms with van der Waals surface area (Å²) in [5, 5.41) is 28.8. The summed E-state index contributed by atoms with van der Waals surface area (Å²) in [5.41, 5.74) is -0.287. The number of aromatic nitrogens is 4. The SMILES string of the molecule is O=C(O)NC1CN(c2nc(N[C@H]3C[C@@H](O)C3)nc3c2cnn3-c2cccc(C(F)(F)F)c2)C1. The van der Waals surface area contributed by atoms with Crippen LogP contribution in [-0.4, -0.2) is 67.3 Å². The molecule has 0 radical (unpaired) electrons. The first-order valence-corrected chi connectivity index (χ1v) is 10.3. The van der Waals surface area contributed by atoms with Gasteiger partial charge in [0.1, 0.15) is 5.82 Å². The lowest BCUT2D eigenvalue weighted by Gasteiger charge is -2.40. The van der Waals surface area contributed by atoms with Crippen LogP contribution < -0.4 is 15.5 Å². The first kappa shape index (κ1) is 21.2. The van der Waals surface area contributed by atoms with E-state index in [1.807, 2.05) is 4.90 Å². The zero-order chi connectivity index (χ0) is 23.3. The Morgan fingerprint density at radius 1 is 1.15 bits per heavy atom. The standard InChI is InChI=1S/C20H20F3N7O3/c21-20(22,23)10-2-1-3-13(4-10)30-17-15(7-24-30)16(29-8-12(9-29)26-19(32)33)27-18(28-17)25-11-5-14(31)6-11/h1-4,7,11-12,14,26,31H,5-6,8-9H2,(H,32,33)(H,25,27,28)/t11-,14+. The van der Waals surface area contributed by atoms with Gasteiger partial charge in [0.25, 0.3) is 0 Å². The second kappa shape index (κ2) is 7.76. The molecule has 2 aliphatic rings. The number of aliphatic hydroxyl groups is 1.